The quantitative estimate of drug-likeness (QED) is 0.270. The predicted molar refractivity (Wildman–Crippen MR) is 123 cm³/mol. The van der Waals surface area contributed by atoms with Gasteiger partial charge in [-0.2, -0.15) is 0 Å². The molecule has 0 bridgehead atoms. The Labute approximate surface area is 195 Å². The number of carbonyl (C=O) groups excluding carboxylic acids is 2. The molecule has 1 aliphatic carbocycles. The first-order chi connectivity index (χ1) is 16.0. The van der Waals surface area contributed by atoms with Gasteiger partial charge in [0.15, 0.2) is 6.29 Å². The van der Waals surface area contributed by atoms with Gasteiger partial charge < -0.3 is 24.3 Å². The largest absolute Gasteiger partial charge is 0.459 e. The number of hydrogen-bond donors (Lipinski definition) is 1. The molecule has 1 aliphatic rings. The normalized spacial score (nSPS) is 20.0. The van der Waals surface area contributed by atoms with Gasteiger partial charge in [0, 0.05) is 13.2 Å². The Kier molecular flexibility index (Phi) is 9.27. The van der Waals surface area contributed by atoms with Crippen molar-refractivity contribution in [2.24, 2.45) is 5.92 Å². The summed E-state index contributed by atoms with van der Waals surface area (Å²) in [6.45, 7) is 5.18. The SMILES string of the molecule is CCOC(C)OCCCC1CC1(NC(=O)OCc1ccccc1)C(=O)OCc1ccccc1. The van der Waals surface area contributed by atoms with Crippen LogP contribution in [0.4, 0.5) is 4.79 Å². The van der Waals surface area contributed by atoms with Crippen molar-refractivity contribution < 1.29 is 28.5 Å². The molecule has 1 N–H and O–H groups in total. The minimum Gasteiger partial charge on any atom is -0.459 e. The van der Waals surface area contributed by atoms with E-state index in [-0.39, 0.29) is 25.4 Å². The molecule has 2 aromatic carbocycles. The summed E-state index contributed by atoms with van der Waals surface area (Å²) in [5, 5.41) is 2.79. The summed E-state index contributed by atoms with van der Waals surface area (Å²) >= 11 is 0. The van der Waals surface area contributed by atoms with Gasteiger partial charge in [0.25, 0.3) is 0 Å². The van der Waals surface area contributed by atoms with E-state index in [0.717, 1.165) is 24.0 Å². The summed E-state index contributed by atoms with van der Waals surface area (Å²) in [4.78, 5) is 25.5. The molecule has 33 heavy (non-hydrogen) atoms. The molecule has 3 unspecified atom stereocenters. The average Bonchev–Trinajstić information content (AvgIpc) is 3.54. The summed E-state index contributed by atoms with van der Waals surface area (Å²) in [5.74, 6) is -0.465. The van der Waals surface area contributed by atoms with Crippen LogP contribution in [0.3, 0.4) is 0 Å². The summed E-state index contributed by atoms with van der Waals surface area (Å²) in [7, 11) is 0. The van der Waals surface area contributed by atoms with Gasteiger partial charge in [-0.3, -0.25) is 0 Å². The lowest BCUT2D eigenvalue weighted by molar-refractivity contribution is -0.149. The minimum absolute atomic E-state index is 0.0314. The molecule has 0 heterocycles. The first-order valence-electron chi connectivity index (χ1n) is 11.5. The van der Waals surface area contributed by atoms with Crippen molar-refractivity contribution >= 4 is 12.1 Å². The standard InChI is InChI=1S/C26H33NO6/c1-3-30-20(2)31-16-10-15-23-17-26(23,24(28)32-18-21-11-6-4-7-12-21)27-25(29)33-19-22-13-8-5-9-14-22/h4-9,11-14,20,23H,3,10,15-19H2,1-2H3,(H,27,29). The number of esters is 1. The monoisotopic (exact) mass is 455 g/mol. The lowest BCUT2D eigenvalue weighted by atomic mass is 10.1. The van der Waals surface area contributed by atoms with Crippen LogP contribution in [0.1, 0.15) is 44.2 Å². The van der Waals surface area contributed by atoms with E-state index in [4.69, 9.17) is 18.9 Å². The fourth-order valence-corrected chi connectivity index (χ4v) is 3.79. The van der Waals surface area contributed by atoms with E-state index < -0.39 is 17.6 Å². The molecular weight excluding hydrogens is 422 g/mol. The molecule has 1 saturated carbocycles. The number of carbonyl (C=O) groups is 2. The second kappa shape index (κ2) is 12.4. The predicted octanol–water partition coefficient (Wildman–Crippen LogP) is 4.59. The maximum absolute atomic E-state index is 13.0. The van der Waals surface area contributed by atoms with E-state index in [2.05, 4.69) is 5.32 Å². The third kappa shape index (κ3) is 7.58. The Hall–Kier alpha value is -2.90. The Morgan fingerprint density at radius 3 is 2.18 bits per heavy atom. The van der Waals surface area contributed by atoms with Crippen molar-refractivity contribution in [2.45, 2.75) is 58.2 Å². The zero-order valence-corrected chi connectivity index (χ0v) is 19.3. The molecule has 2 aromatic rings. The van der Waals surface area contributed by atoms with E-state index in [0.29, 0.717) is 19.6 Å². The van der Waals surface area contributed by atoms with E-state index >= 15 is 0 Å². The van der Waals surface area contributed by atoms with Crippen LogP contribution in [0.5, 0.6) is 0 Å². The summed E-state index contributed by atoms with van der Waals surface area (Å²) < 4.78 is 21.9. The van der Waals surface area contributed by atoms with Gasteiger partial charge in [-0.15, -0.1) is 0 Å². The zero-order chi connectivity index (χ0) is 23.5. The van der Waals surface area contributed by atoms with E-state index in [1.54, 1.807) is 0 Å². The second-order valence-electron chi connectivity index (χ2n) is 8.16. The van der Waals surface area contributed by atoms with Crippen molar-refractivity contribution in [3.05, 3.63) is 71.8 Å². The van der Waals surface area contributed by atoms with E-state index in [9.17, 15) is 9.59 Å². The van der Waals surface area contributed by atoms with Crippen molar-refractivity contribution in [3.63, 3.8) is 0 Å². The molecule has 0 aliphatic heterocycles. The number of hydrogen-bond acceptors (Lipinski definition) is 6. The Bertz CT molecular complexity index is 875. The molecule has 178 valence electrons. The number of ether oxygens (including phenoxy) is 4. The van der Waals surface area contributed by atoms with Crippen molar-refractivity contribution in [1.82, 2.24) is 5.32 Å². The highest BCUT2D eigenvalue weighted by Crippen LogP contribution is 2.47. The fourth-order valence-electron chi connectivity index (χ4n) is 3.79. The van der Waals surface area contributed by atoms with E-state index in [1.165, 1.54) is 0 Å². The molecule has 3 atom stereocenters. The Balaban J connectivity index is 1.54. The molecule has 7 nitrogen and oxygen atoms in total. The summed E-state index contributed by atoms with van der Waals surface area (Å²) in [6, 6.07) is 18.9. The van der Waals surface area contributed by atoms with Gasteiger partial charge in [0.2, 0.25) is 0 Å². The number of alkyl carbamates (subject to hydrolysis) is 1. The molecule has 3 rings (SSSR count). The smallest absolute Gasteiger partial charge is 0.408 e. The average molecular weight is 456 g/mol. The maximum Gasteiger partial charge on any atom is 0.408 e. The van der Waals surface area contributed by atoms with Crippen molar-refractivity contribution in [3.8, 4) is 0 Å². The van der Waals surface area contributed by atoms with Gasteiger partial charge in [-0.25, -0.2) is 9.59 Å². The number of benzene rings is 2. The summed E-state index contributed by atoms with van der Waals surface area (Å²) in [5.41, 5.74) is 0.707. The van der Waals surface area contributed by atoms with Crippen LogP contribution in [0, 0.1) is 5.92 Å². The third-order valence-electron chi connectivity index (χ3n) is 5.67. The van der Waals surface area contributed by atoms with Crippen LogP contribution in [-0.2, 0) is 37.0 Å². The Morgan fingerprint density at radius 1 is 0.970 bits per heavy atom. The third-order valence-corrected chi connectivity index (χ3v) is 5.67. The minimum atomic E-state index is -1.06. The summed E-state index contributed by atoms with van der Waals surface area (Å²) in [6.07, 6.45) is 1.09. The van der Waals surface area contributed by atoms with Crippen molar-refractivity contribution in [2.75, 3.05) is 13.2 Å². The molecule has 0 saturated heterocycles. The molecule has 1 fully saturated rings. The van der Waals surface area contributed by atoms with Gasteiger partial charge in [0.05, 0.1) is 0 Å². The molecule has 7 heteroatoms. The number of rotatable bonds is 13. The zero-order valence-electron chi connectivity index (χ0n) is 19.3. The molecular formula is C26H33NO6. The van der Waals surface area contributed by atoms with Crippen LogP contribution in [0.2, 0.25) is 0 Å². The van der Waals surface area contributed by atoms with Crippen LogP contribution < -0.4 is 5.32 Å². The van der Waals surface area contributed by atoms with Crippen molar-refractivity contribution in [1.29, 1.82) is 0 Å². The number of amides is 1. The van der Waals surface area contributed by atoms with E-state index in [1.807, 2.05) is 74.5 Å². The molecule has 1 amide bonds. The molecule has 0 aromatic heterocycles. The topological polar surface area (TPSA) is 83.1 Å². The first kappa shape index (κ1) is 24.7. The Morgan fingerprint density at radius 2 is 1.58 bits per heavy atom. The van der Waals surface area contributed by atoms with Crippen LogP contribution in [-0.4, -0.2) is 37.1 Å². The molecule has 0 radical (unpaired) electrons. The highest BCUT2D eigenvalue weighted by Gasteiger charge is 2.62. The molecule has 0 spiro atoms. The van der Waals surface area contributed by atoms with Crippen LogP contribution >= 0.6 is 0 Å². The lowest BCUT2D eigenvalue weighted by Gasteiger charge is -2.19. The van der Waals surface area contributed by atoms with Gasteiger partial charge in [0.1, 0.15) is 18.8 Å². The number of nitrogens with one attached hydrogen (secondary N) is 1. The van der Waals surface area contributed by atoms with Crippen LogP contribution in [0.25, 0.3) is 0 Å². The highest BCUT2D eigenvalue weighted by molar-refractivity contribution is 5.89. The first-order valence-corrected chi connectivity index (χ1v) is 11.5. The van der Waals surface area contributed by atoms with Crippen LogP contribution in [0.15, 0.2) is 60.7 Å². The van der Waals surface area contributed by atoms with Gasteiger partial charge in [-0.1, -0.05) is 60.7 Å². The maximum atomic E-state index is 13.0. The second-order valence-corrected chi connectivity index (χ2v) is 8.16. The fraction of sp³-hybridized carbons (Fsp3) is 0.462. The van der Waals surface area contributed by atoms with Gasteiger partial charge in [-0.05, 0) is 50.2 Å². The highest BCUT2D eigenvalue weighted by atomic mass is 16.7. The lowest BCUT2D eigenvalue weighted by Crippen LogP contribution is -2.46. The van der Waals surface area contributed by atoms with Gasteiger partial charge >= 0.3 is 12.1 Å².